The first kappa shape index (κ1) is 16.3. The van der Waals surface area contributed by atoms with E-state index in [2.05, 4.69) is 32.6 Å². The zero-order valence-corrected chi connectivity index (χ0v) is 14.8. The fourth-order valence-corrected chi connectivity index (χ4v) is 3.08. The maximum atomic E-state index is 12.2. The number of ether oxygens (including phenoxy) is 2. The van der Waals surface area contributed by atoms with Crippen molar-refractivity contribution in [2.45, 2.75) is 0 Å². The molecule has 0 unspecified atom stereocenters. The topological polar surface area (TPSA) is 88.0 Å². The number of methoxy groups -OCH3 is 1. The molecule has 120 valence electrons. The quantitative estimate of drug-likeness (QED) is 0.639. The van der Waals surface area contributed by atoms with Crippen molar-refractivity contribution in [2.75, 3.05) is 13.7 Å². The Morgan fingerprint density at radius 2 is 2.12 bits per heavy atom. The van der Waals surface area contributed by atoms with Crippen molar-refractivity contribution in [3.63, 3.8) is 0 Å². The van der Waals surface area contributed by atoms with Crippen LogP contribution in [0.4, 0.5) is 0 Å². The number of H-pyrrole nitrogens is 1. The van der Waals surface area contributed by atoms with Crippen LogP contribution in [-0.2, 0) is 0 Å². The summed E-state index contributed by atoms with van der Waals surface area (Å²) < 4.78 is 11.5. The van der Waals surface area contributed by atoms with Gasteiger partial charge in [-0.15, -0.1) is 0 Å². The largest absolute Gasteiger partial charge is 0.493 e. The van der Waals surface area contributed by atoms with E-state index in [1.54, 1.807) is 24.3 Å². The SMILES string of the molecule is COc1cc(-c2nc3ccccc3c(=O)[nH]2)cc(I)c1OCC#N. The van der Waals surface area contributed by atoms with Gasteiger partial charge < -0.3 is 14.5 Å². The Kier molecular flexibility index (Phi) is 4.66. The normalized spacial score (nSPS) is 10.4. The van der Waals surface area contributed by atoms with Crippen molar-refractivity contribution in [1.29, 1.82) is 5.26 Å². The molecule has 0 fully saturated rings. The zero-order chi connectivity index (χ0) is 17.1. The lowest BCUT2D eigenvalue weighted by Gasteiger charge is -2.12. The smallest absolute Gasteiger partial charge is 0.259 e. The summed E-state index contributed by atoms with van der Waals surface area (Å²) in [7, 11) is 1.52. The van der Waals surface area contributed by atoms with E-state index in [9.17, 15) is 4.79 Å². The van der Waals surface area contributed by atoms with Crippen LogP contribution in [0.2, 0.25) is 0 Å². The summed E-state index contributed by atoms with van der Waals surface area (Å²) in [6, 6.07) is 12.6. The fourth-order valence-electron chi connectivity index (χ4n) is 2.32. The van der Waals surface area contributed by atoms with E-state index in [4.69, 9.17) is 14.7 Å². The number of fused-ring (bicyclic) bond motifs is 1. The van der Waals surface area contributed by atoms with Gasteiger partial charge in [-0.2, -0.15) is 5.26 Å². The molecule has 0 spiro atoms. The third kappa shape index (κ3) is 3.05. The highest BCUT2D eigenvalue weighted by atomic mass is 127. The molecule has 24 heavy (non-hydrogen) atoms. The molecule has 0 radical (unpaired) electrons. The van der Waals surface area contributed by atoms with Crippen LogP contribution >= 0.6 is 22.6 Å². The van der Waals surface area contributed by atoms with Crippen molar-refractivity contribution in [3.05, 3.63) is 50.3 Å². The van der Waals surface area contributed by atoms with E-state index in [1.165, 1.54) is 7.11 Å². The summed E-state index contributed by atoms with van der Waals surface area (Å²) in [5, 5.41) is 9.22. The van der Waals surface area contributed by atoms with Gasteiger partial charge in [-0.05, 0) is 46.9 Å². The molecule has 3 rings (SSSR count). The van der Waals surface area contributed by atoms with Gasteiger partial charge >= 0.3 is 0 Å². The second-order valence-electron chi connectivity index (χ2n) is 4.87. The first-order valence-corrected chi connectivity index (χ1v) is 8.08. The molecule has 0 aliphatic rings. The number of nitriles is 1. The Morgan fingerprint density at radius 1 is 1.33 bits per heavy atom. The van der Waals surface area contributed by atoms with Gasteiger partial charge in [-0.3, -0.25) is 4.79 Å². The molecule has 6 nitrogen and oxygen atoms in total. The summed E-state index contributed by atoms with van der Waals surface area (Å²) in [6.07, 6.45) is 0. The standard InChI is InChI=1S/C17H12IN3O3/c1-23-14-9-10(8-12(18)15(14)24-7-6-19)16-20-13-5-3-2-4-11(13)17(22)21-16/h2-5,8-9H,7H2,1H3,(H,20,21,22). The van der Waals surface area contributed by atoms with Gasteiger partial charge in [0.1, 0.15) is 11.9 Å². The minimum absolute atomic E-state index is 0.0727. The average molecular weight is 433 g/mol. The number of para-hydroxylation sites is 1. The van der Waals surface area contributed by atoms with Crippen LogP contribution in [0.25, 0.3) is 22.3 Å². The summed E-state index contributed by atoms with van der Waals surface area (Å²) in [6.45, 7) is -0.0727. The van der Waals surface area contributed by atoms with Crippen LogP contribution in [0.1, 0.15) is 0 Å². The third-order valence-electron chi connectivity index (χ3n) is 3.40. The third-order valence-corrected chi connectivity index (χ3v) is 4.20. The zero-order valence-electron chi connectivity index (χ0n) is 12.7. The minimum Gasteiger partial charge on any atom is -0.493 e. The molecule has 2 aromatic carbocycles. The number of aromatic nitrogens is 2. The number of nitrogens with one attached hydrogen (secondary N) is 1. The highest BCUT2D eigenvalue weighted by Gasteiger charge is 2.14. The van der Waals surface area contributed by atoms with Crippen LogP contribution in [0, 0.1) is 14.9 Å². The number of hydrogen-bond donors (Lipinski definition) is 1. The van der Waals surface area contributed by atoms with E-state index in [0.717, 1.165) is 3.57 Å². The Balaban J connectivity index is 2.15. The molecule has 0 bridgehead atoms. The van der Waals surface area contributed by atoms with Crippen LogP contribution in [0.15, 0.2) is 41.2 Å². The maximum Gasteiger partial charge on any atom is 0.259 e. The summed E-state index contributed by atoms with van der Waals surface area (Å²) in [5.41, 5.74) is 1.12. The monoisotopic (exact) mass is 433 g/mol. The van der Waals surface area contributed by atoms with Crippen molar-refractivity contribution < 1.29 is 9.47 Å². The molecule has 3 aromatic rings. The lowest BCUT2D eigenvalue weighted by atomic mass is 10.1. The Morgan fingerprint density at radius 3 is 2.88 bits per heavy atom. The lowest BCUT2D eigenvalue weighted by molar-refractivity contribution is 0.327. The Hall–Kier alpha value is -2.60. The van der Waals surface area contributed by atoms with Crippen molar-refractivity contribution in [3.8, 4) is 29.0 Å². The van der Waals surface area contributed by atoms with Gasteiger partial charge in [0.25, 0.3) is 5.56 Å². The number of halogens is 1. The molecule has 0 aliphatic heterocycles. The molecule has 0 amide bonds. The van der Waals surface area contributed by atoms with E-state index < -0.39 is 0 Å². The van der Waals surface area contributed by atoms with Crippen LogP contribution in [0.5, 0.6) is 11.5 Å². The number of benzene rings is 2. The van der Waals surface area contributed by atoms with Crippen LogP contribution in [0.3, 0.4) is 0 Å². The molecule has 1 aromatic heterocycles. The average Bonchev–Trinajstić information content (AvgIpc) is 2.60. The molecular weight excluding hydrogens is 421 g/mol. The summed E-state index contributed by atoms with van der Waals surface area (Å²) >= 11 is 2.09. The highest BCUT2D eigenvalue weighted by Crippen LogP contribution is 2.36. The minimum atomic E-state index is -0.200. The lowest BCUT2D eigenvalue weighted by Crippen LogP contribution is -2.09. The molecule has 7 heteroatoms. The van der Waals surface area contributed by atoms with Crippen molar-refractivity contribution in [2.24, 2.45) is 0 Å². The fraction of sp³-hybridized carbons (Fsp3) is 0.118. The highest BCUT2D eigenvalue weighted by molar-refractivity contribution is 14.1. The maximum absolute atomic E-state index is 12.2. The second kappa shape index (κ2) is 6.88. The molecule has 1 N–H and O–H groups in total. The van der Waals surface area contributed by atoms with Gasteiger partial charge in [-0.1, -0.05) is 12.1 Å². The molecule has 0 aliphatic carbocycles. The van der Waals surface area contributed by atoms with Gasteiger partial charge in [0, 0.05) is 5.56 Å². The van der Waals surface area contributed by atoms with Crippen molar-refractivity contribution in [1.82, 2.24) is 9.97 Å². The number of nitrogens with zero attached hydrogens (tertiary/aromatic N) is 2. The van der Waals surface area contributed by atoms with E-state index in [1.807, 2.05) is 18.2 Å². The molecular formula is C17H12IN3O3. The first-order chi connectivity index (χ1) is 11.6. The molecule has 0 saturated heterocycles. The molecule has 0 saturated carbocycles. The van der Waals surface area contributed by atoms with Gasteiger partial charge in [0.15, 0.2) is 18.1 Å². The predicted molar refractivity (Wildman–Crippen MR) is 98.2 cm³/mol. The second-order valence-corrected chi connectivity index (χ2v) is 6.03. The Labute approximate surface area is 151 Å². The first-order valence-electron chi connectivity index (χ1n) is 7.00. The number of aromatic amines is 1. The number of rotatable bonds is 4. The van der Waals surface area contributed by atoms with Crippen LogP contribution < -0.4 is 15.0 Å². The van der Waals surface area contributed by atoms with Gasteiger partial charge in [0.05, 0.1) is 21.6 Å². The van der Waals surface area contributed by atoms with Gasteiger partial charge in [0.2, 0.25) is 0 Å². The molecule has 1 heterocycles. The summed E-state index contributed by atoms with van der Waals surface area (Å²) in [4.78, 5) is 19.5. The van der Waals surface area contributed by atoms with E-state index in [-0.39, 0.29) is 12.2 Å². The van der Waals surface area contributed by atoms with Crippen molar-refractivity contribution >= 4 is 33.5 Å². The molecule has 0 atom stereocenters. The summed E-state index contributed by atoms with van der Waals surface area (Å²) in [5.74, 6) is 1.41. The van der Waals surface area contributed by atoms with Gasteiger partial charge in [-0.25, -0.2) is 4.98 Å². The Bertz CT molecular complexity index is 1010. The van der Waals surface area contributed by atoms with E-state index in [0.29, 0.717) is 33.8 Å². The number of hydrogen-bond acceptors (Lipinski definition) is 5. The predicted octanol–water partition coefficient (Wildman–Crippen LogP) is 3.11. The van der Waals surface area contributed by atoms with E-state index >= 15 is 0 Å². The van der Waals surface area contributed by atoms with Crippen LogP contribution in [-0.4, -0.2) is 23.7 Å².